The Labute approximate surface area is 227 Å². The molecule has 0 aliphatic rings. The number of hydrogen-bond acceptors (Lipinski definition) is 5. The van der Waals surface area contributed by atoms with Crippen LogP contribution < -0.4 is 15.4 Å². The number of benzene rings is 3. The van der Waals surface area contributed by atoms with E-state index in [4.69, 9.17) is 9.47 Å². The zero-order valence-electron chi connectivity index (χ0n) is 22.2. The van der Waals surface area contributed by atoms with Gasteiger partial charge in [0.05, 0.1) is 17.5 Å². The number of aromatic nitrogens is 2. The van der Waals surface area contributed by atoms with Crippen molar-refractivity contribution in [3.63, 3.8) is 0 Å². The largest absolute Gasteiger partial charge is 0.492 e. The normalized spacial score (nSPS) is 12.1. The molecule has 1 amide bonds. The molecule has 1 aromatic heterocycles. The van der Waals surface area contributed by atoms with Crippen molar-refractivity contribution in [3.05, 3.63) is 108 Å². The number of H-pyrrole nitrogens is 1. The Bertz CT molecular complexity index is 1430. The maximum Gasteiger partial charge on any atom is 0.243 e. The summed E-state index contributed by atoms with van der Waals surface area (Å²) in [6.07, 6.45) is 3.94. The third kappa shape index (κ3) is 7.40. The number of amides is 1. The van der Waals surface area contributed by atoms with Crippen LogP contribution in [-0.4, -0.2) is 56.6 Å². The Morgan fingerprint density at radius 1 is 1.00 bits per heavy atom. The van der Waals surface area contributed by atoms with E-state index in [9.17, 15) is 9.18 Å². The first-order valence-electron chi connectivity index (χ1n) is 12.8. The molecule has 1 heterocycles. The highest BCUT2D eigenvalue weighted by Crippen LogP contribution is 2.36. The maximum atomic E-state index is 14.4. The van der Waals surface area contributed by atoms with E-state index in [1.54, 1.807) is 20.2 Å². The van der Waals surface area contributed by atoms with Crippen LogP contribution in [0.15, 0.2) is 84.9 Å². The van der Waals surface area contributed by atoms with Crippen molar-refractivity contribution in [1.29, 1.82) is 0 Å². The fourth-order valence-electron chi connectivity index (χ4n) is 4.30. The van der Waals surface area contributed by atoms with Gasteiger partial charge in [-0.15, -0.1) is 0 Å². The average Bonchev–Trinajstić information content (AvgIpc) is 3.35. The van der Waals surface area contributed by atoms with Crippen molar-refractivity contribution >= 4 is 28.0 Å². The number of nitrogens with zero attached hydrogens (tertiary/aromatic N) is 1. The van der Waals surface area contributed by atoms with Crippen LogP contribution in [-0.2, 0) is 9.53 Å². The first-order valence-corrected chi connectivity index (χ1v) is 12.8. The molecule has 39 heavy (non-hydrogen) atoms. The highest BCUT2D eigenvalue weighted by atomic mass is 19.1. The van der Waals surface area contributed by atoms with Crippen LogP contribution in [0.1, 0.15) is 23.1 Å². The summed E-state index contributed by atoms with van der Waals surface area (Å²) in [6.45, 7) is 2.24. The molecule has 0 radical (unpaired) electrons. The van der Waals surface area contributed by atoms with Crippen LogP contribution in [0, 0.1) is 5.95 Å². The number of hydrogen-bond donors (Lipinski definition) is 3. The summed E-state index contributed by atoms with van der Waals surface area (Å²) in [5.74, 6) is 0.162. The monoisotopic (exact) mass is 528 g/mol. The SMILES string of the molecule is CNC(=O)/C=C/CNCCOc1ccc(/C(=C(/CCOC)c2ccccc2)c2ccc3n[nH]c(F)c3c2)cc1. The Kier molecular flexibility index (Phi) is 9.99. The number of rotatable bonds is 13. The molecule has 4 aromatic rings. The second-order valence-corrected chi connectivity index (χ2v) is 8.83. The minimum absolute atomic E-state index is 0.131. The Morgan fingerprint density at radius 2 is 1.77 bits per heavy atom. The highest BCUT2D eigenvalue weighted by molar-refractivity contribution is 6.00. The van der Waals surface area contributed by atoms with E-state index >= 15 is 0 Å². The summed E-state index contributed by atoms with van der Waals surface area (Å²) >= 11 is 0. The van der Waals surface area contributed by atoms with Gasteiger partial charge >= 0.3 is 0 Å². The molecule has 7 nitrogen and oxygen atoms in total. The lowest BCUT2D eigenvalue weighted by Crippen LogP contribution is -2.21. The van der Waals surface area contributed by atoms with E-state index in [2.05, 4.69) is 33.0 Å². The molecule has 0 fully saturated rings. The van der Waals surface area contributed by atoms with E-state index in [1.165, 1.54) is 6.08 Å². The van der Waals surface area contributed by atoms with Crippen molar-refractivity contribution in [2.45, 2.75) is 6.42 Å². The van der Waals surface area contributed by atoms with Crippen molar-refractivity contribution < 1.29 is 18.7 Å². The predicted molar refractivity (Wildman–Crippen MR) is 153 cm³/mol. The number of methoxy groups -OCH3 is 1. The smallest absolute Gasteiger partial charge is 0.243 e. The molecule has 0 aliphatic carbocycles. The van der Waals surface area contributed by atoms with Crippen LogP contribution >= 0.6 is 0 Å². The lowest BCUT2D eigenvalue weighted by Gasteiger charge is -2.18. The molecule has 0 unspecified atom stereocenters. The highest BCUT2D eigenvalue weighted by Gasteiger charge is 2.16. The summed E-state index contributed by atoms with van der Waals surface area (Å²) < 4.78 is 25.8. The third-order valence-electron chi connectivity index (χ3n) is 6.24. The van der Waals surface area contributed by atoms with E-state index < -0.39 is 5.95 Å². The summed E-state index contributed by atoms with van der Waals surface area (Å²) in [4.78, 5) is 11.2. The van der Waals surface area contributed by atoms with Gasteiger partial charge in [0, 0.05) is 33.3 Å². The van der Waals surface area contributed by atoms with E-state index in [0.29, 0.717) is 43.6 Å². The van der Waals surface area contributed by atoms with Crippen LogP contribution in [0.25, 0.3) is 22.0 Å². The van der Waals surface area contributed by atoms with Crippen molar-refractivity contribution in [1.82, 2.24) is 20.8 Å². The number of likely N-dealkylation sites (N-methyl/N-ethyl adjacent to an activating group) is 1. The number of nitrogens with one attached hydrogen (secondary N) is 3. The standard InChI is InChI=1S/C31H33FN4O3/c1-33-29(37)9-6-17-34-18-20-39-25-13-10-23(11-14-25)30(24-12-15-28-27(21-24)31(32)36-35-28)26(16-19-38-2)22-7-4-3-5-8-22/h3-15,21,34H,16-20H2,1-2H3,(H,33,37)(H,35,36)/b9-6+,30-26+. The van der Waals surface area contributed by atoms with Gasteiger partial charge in [0.2, 0.25) is 11.9 Å². The molecular weight excluding hydrogens is 495 g/mol. The van der Waals surface area contributed by atoms with Crippen molar-refractivity contribution in [2.75, 3.05) is 40.5 Å². The molecule has 3 aromatic carbocycles. The van der Waals surface area contributed by atoms with Crippen LogP contribution in [0.5, 0.6) is 5.75 Å². The van der Waals surface area contributed by atoms with E-state index in [0.717, 1.165) is 33.6 Å². The summed E-state index contributed by atoms with van der Waals surface area (Å²) in [5, 5.41) is 12.7. The first kappa shape index (κ1) is 27.8. The topological polar surface area (TPSA) is 88.3 Å². The molecule has 0 atom stereocenters. The molecule has 8 heteroatoms. The second kappa shape index (κ2) is 14.0. The third-order valence-corrected chi connectivity index (χ3v) is 6.24. The van der Waals surface area contributed by atoms with Crippen molar-refractivity contribution in [3.8, 4) is 5.75 Å². The zero-order valence-corrected chi connectivity index (χ0v) is 22.2. The summed E-state index contributed by atoms with van der Waals surface area (Å²) in [7, 11) is 3.28. The number of carbonyl (C=O) groups is 1. The summed E-state index contributed by atoms with van der Waals surface area (Å²) in [6, 6.07) is 23.7. The van der Waals surface area contributed by atoms with Gasteiger partial charge in [0.25, 0.3) is 0 Å². The molecule has 0 saturated heterocycles. The number of carbonyl (C=O) groups excluding carboxylic acids is 1. The second-order valence-electron chi connectivity index (χ2n) is 8.83. The Balaban J connectivity index is 1.60. The van der Waals surface area contributed by atoms with Crippen LogP contribution in [0.2, 0.25) is 0 Å². The minimum atomic E-state index is -0.453. The first-order chi connectivity index (χ1) is 19.1. The fraction of sp³-hybridized carbons (Fsp3) is 0.226. The van der Waals surface area contributed by atoms with Gasteiger partial charge < -0.3 is 20.1 Å². The van der Waals surface area contributed by atoms with Gasteiger partial charge in [-0.2, -0.15) is 9.49 Å². The van der Waals surface area contributed by atoms with Gasteiger partial charge in [-0.1, -0.05) is 54.6 Å². The number of fused-ring (bicyclic) bond motifs is 1. The number of aromatic amines is 1. The zero-order chi connectivity index (χ0) is 27.5. The number of ether oxygens (including phenoxy) is 2. The van der Waals surface area contributed by atoms with Gasteiger partial charge in [-0.05, 0) is 58.5 Å². The van der Waals surface area contributed by atoms with Gasteiger partial charge in [-0.25, -0.2) is 0 Å². The van der Waals surface area contributed by atoms with Gasteiger partial charge in [-0.3, -0.25) is 9.89 Å². The minimum Gasteiger partial charge on any atom is -0.492 e. The molecule has 0 spiro atoms. The Hall–Kier alpha value is -4.27. The number of halogens is 1. The van der Waals surface area contributed by atoms with Gasteiger partial charge in [0.1, 0.15) is 12.4 Å². The lowest BCUT2D eigenvalue weighted by molar-refractivity contribution is -0.116. The molecule has 0 saturated carbocycles. The van der Waals surface area contributed by atoms with Crippen molar-refractivity contribution in [2.24, 2.45) is 0 Å². The molecule has 0 bridgehead atoms. The maximum absolute atomic E-state index is 14.4. The quantitative estimate of drug-likeness (QED) is 0.130. The Morgan fingerprint density at radius 3 is 2.51 bits per heavy atom. The molecule has 0 aliphatic heterocycles. The van der Waals surface area contributed by atoms with Gasteiger partial charge in [0.15, 0.2) is 0 Å². The predicted octanol–water partition coefficient (Wildman–Crippen LogP) is 4.97. The molecule has 202 valence electrons. The van der Waals surface area contributed by atoms with Crippen LogP contribution in [0.4, 0.5) is 4.39 Å². The van der Waals surface area contributed by atoms with E-state index in [-0.39, 0.29) is 5.91 Å². The lowest BCUT2D eigenvalue weighted by atomic mass is 9.87. The molecular formula is C31H33FN4O3. The molecule has 4 rings (SSSR count). The fourth-order valence-corrected chi connectivity index (χ4v) is 4.30. The van der Waals surface area contributed by atoms with Crippen LogP contribution in [0.3, 0.4) is 0 Å². The molecule has 3 N–H and O–H groups in total. The van der Waals surface area contributed by atoms with E-state index in [1.807, 2.05) is 60.7 Å². The average molecular weight is 529 g/mol. The summed E-state index contributed by atoms with van der Waals surface area (Å²) in [5.41, 5.74) is 5.63.